The lowest BCUT2D eigenvalue weighted by Gasteiger charge is -2.18. The van der Waals surface area contributed by atoms with Crippen LogP contribution in [-0.2, 0) is 4.79 Å². The van der Waals surface area contributed by atoms with E-state index in [-0.39, 0.29) is 5.69 Å². The van der Waals surface area contributed by atoms with Gasteiger partial charge in [0.2, 0.25) is 5.78 Å². The molecule has 0 aliphatic heterocycles. The second-order valence-corrected chi connectivity index (χ2v) is 2.84. The van der Waals surface area contributed by atoms with Crippen molar-refractivity contribution in [2.75, 3.05) is 0 Å². The summed E-state index contributed by atoms with van der Waals surface area (Å²) in [5.41, 5.74) is -0.215. The first-order valence-electron chi connectivity index (χ1n) is 3.94. The van der Waals surface area contributed by atoms with Crippen LogP contribution in [0.1, 0.15) is 18.7 Å². The van der Waals surface area contributed by atoms with Gasteiger partial charge in [-0.1, -0.05) is 6.07 Å². The van der Waals surface area contributed by atoms with E-state index in [9.17, 15) is 18.7 Å². The number of rotatable bonds is 3. The predicted molar refractivity (Wildman–Crippen MR) is 44.8 cm³/mol. The lowest BCUT2D eigenvalue weighted by atomic mass is 10.1. The van der Waals surface area contributed by atoms with E-state index in [1.807, 2.05) is 0 Å². The highest BCUT2D eigenvalue weighted by Crippen LogP contribution is 2.30. The van der Waals surface area contributed by atoms with Crippen molar-refractivity contribution in [1.82, 2.24) is 4.98 Å². The molecule has 0 aromatic carbocycles. The monoisotopic (exact) mass is 201 g/mol. The molecule has 0 saturated carbocycles. The van der Waals surface area contributed by atoms with Crippen LogP contribution in [0, 0.1) is 0 Å². The average Bonchev–Trinajstić information content (AvgIpc) is 2.17. The lowest BCUT2D eigenvalue weighted by Crippen LogP contribution is -2.34. The highest BCUT2D eigenvalue weighted by Gasteiger charge is 2.45. The fraction of sp³-hybridized carbons (Fsp3) is 0.333. The van der Waals surface area contributed by atoms with Crippen LogP contribution in [0.25, 0.3) is 0 Å². The van der Waals surface area contributed by atoms with Crippen molar-refractivity contribution in [3.8, 4) is 0 Å². The zero-order valence-corrected chi connectivity index (χ0v) is 7.45. The molecular weight excluding hydrogens is 192 g/mol. The zero-order chi connectivity index (χ0) is 10.8. The molecule has 1 atom stereocenters. The average molecular weight is 201 g/mol. The van der Waals surface area contributed by atoms with Crippen molar-refractivity contribution in [1.29, 1.82) is 0 Å². The molecule has 76 valence electrons. The first-order valence-corrected chi connectivity index (χ1v) is 3.94. The van der Waals surface area contributed by atoms with Crippen LogP contribution >= 0.6 is 0 Å². The molecule has 3 nitrogen and oxygen atoms in total. The summed E-state index contributed by atoms with van der Waals surface area (Å²) < 4.78 is 26.0. The molecule has 0 fully saturated rings. The number of Topliss-reactive ketones (excluding diaryl/α,β-unsaturated/α-hetero) is 1. The SMILES string of the molecule is CC(=O)C(F)(F)[C@@H](O)c1ccccn1. The first kappa shape index (κ1) is 10.7. The minimum atomic E-state index is -3.78. The first-order chi connectivity index (χ1) is 6.46. The number of hydrogen-bond donors (Lipinski definition) is 1. The Kier molecular flexibility index (Phi) is 2.90. The number of carbonyl (C=O) groups is 1. The van der Waals surface area contributed by atoms with Crippen molar-refractivity contribution in [2.45, 2.75) is 19.0 Å². The predicted octanol–water partition coefficient (Wildman–Crippen LogP) is 1.34. The summed E-state index contributed by atoms with van der Waals surface area (Å²) in [4.78, 5) is 14.1. The van der Waals surface area contributed by atoms with Gasteiger partial charge in [-0.25, -0.2) is 0 Å². The van der Waals surface area contributed by atoms with E-state index in [2.05, 4.69) is 4.98 Å². The molecular formula is C9H9F2NO2. The van der Waals surface area contributed by atoms with E-state index in [1.54, 1.807) is 0 Å². The van der Waals surface area contributed by atoms with Crippen LogP contribution in [-0.4, -0.2) is 21.8 Å². The Labute approximate surface area is 79.4 Å². The second-order valence-electron chi connectivity index (χ2n) is 2.84. The largest absolute Gasteiger partial charge is 0.380 e. The summed E-state index contributed by atoms with van der Waals surface area (Å²) in [6.45, 7) is 0.728. The molecule has 0 saturated heterocycles. The number of aromatic nitrogens is 1. The lowest BCUT2D eigenvalue weighted by molar-refractivity contribution is -0.159. The molecule has 0 aliphatic rings. The van der Waals surface area contributed by atoms with Crippen LogP contribution in [0.15, 0.2) is 24.4 Å². The summed E-state index contributed by atoms with van der Waals surface area (Å²) in [5, 5.41) is 9.19. The molecule has 1 aromatic heterocycles. The van der Waals surface area contributed by atoms with Gasteiger partial charge in [0.25, 0.3) is 0 Å². The minimum absolute atomic E-state index is 0.215. The number of nitrogens with zero attached hydrogens (tertiary/aromatic N) is 1. The Morgan fingerprint density at radius 1 is 1.57 bits per heavy atom. The Bertz CT molecular complexity index is 327. The molecule has 1 aromatic rings. The molecule has 14 heavy (non-hydrogen) atoms. The Morgan fingerprint density at radius 3 is 2.64 bits per heavy atom. The Morgan fingerprint density at radius 2 is 2.21 bits per heavy atom. The summed E-state index contributed by atoms with van der Waals surface area (Å²) in [5.74, 6) is -5.16. The molecule has 0 bridgehead atoms. The molecule has 1 heterocycles. The number of carbonyl (C=O) groups excluding carboxylic acids is 1. The van der Waals surface area contributed by atoms with Crippen LogP contribution < -0.4 is 0 Å². The van der Waals surface area contributed by atoms with Crippen LogP contribution in [0.5, 0.6) is 0 Å². The summed E-state index contributed by atoms with van der Waals surface area (Å²) in [7, 11) is 0. The van der Waals surface area contributed by atoms with Crippen LogP contribution in [0.3, 0.4) is 0 Å². The number of hydrogen-bond acceptors (Lipinski definition) is 3. The van der Waals surface area contributed by atoms with Gasteiger partial charge in [0.05, 0.1) is 5.69 Å². The standard InChI is InChI=1S/C9H9F2NO2/c1-6(13)9(10,11)8(14)7-4-2-3-5-12-7/h2-5,8,14H,1H3/t8-/m0/s1. The number of aliphatic hydroxyl groups excluding tert-OH is 1. The molecule has 0 aliphatic carbocycles. The summed E-state index contributed by atoms with van der Waals surface area (Å²) in [6, 6.07) is 4.23. The van der Waals surface area contributed by atoms with Gasteiger partial charge in [-0.15, -0.1) is 0 Å². The van der Waals surface area contributed by atoms with E-state index in [1.165, 1.54) is 24.4 Å². The van der Waals surface area contributed by atoms with Gasteiger partial charge in [-0.05, 0) is 12.1 Å². The maximum Gasteiger partial charge on any atom is 0.335 e. The van der Waals surface area contributed by atoms with Crippen molar-refractivity contribution < 1.29 is 18.7 Å². The summed E-state index contributed by atoms with van der Waals surface area (Å²) >= 11 is 0. The summed E-state index contributed by atoms with van der Waals surface area (Å²) in [6.07, 6.45) is -0.907. The van der Waals surface area contributed by atoms with Crippen molar-refractivity contribution in [3.63, 3.8) is 0 Å². The number of aliphatic hydroxyl groups is 1. The van der Waals surface area contributed by atoms with E-state index < -0.39 is 17.8 Å². The van der Waals surface area contributed by atoms with Gasteiger partial charge in [-0.2, -0.15) is 8.78 Å². The van der Waals surface area contributed by atoms with Gasteiger partial charge in [0.1, 0.15) is 0 Å². The zero-order valence-electron chi connectivity index (χ0n) is 7.45. The maximum absolute atomic E-state index is 13.0. The number of alkyl halides is 2. The number of halogens is 2. The molecule has 1 rings (SSSR count). The third-order valence-corrected chi connectivity index (χ3v) is 1.78. The van der Waals surface area contributed by atoms with Crippen molar-refractivity contribution >= 4 is 5.78 Å². The quantitative estimate of drug-likeness (QED) is 0.802. The third kappa shape index (κ3) is 1.93. The smallest absolute Gasteiger partial charge is 0.335 e. The fourth-order valence-corrected chi connectivity index (χ4v) is 0.916. The molecule has 0 unspecified atom stereocenters. The van der Waals surface area contributed by atoms with E-state index in [0.717, 1.165) is 6.92 Å². The van der Waals surface area contributed by atoms with Crippen molar-refractivity contribution in [3.05, 3.63) is 30.1 Å². The third-order valence-electron chi connectivity index (χ3n) is 1.78. The molecule has 5 heteroatoms. The van der Waals surface area contributed by atoms with Crippen molar-refractivity contribution in [2.24, 2.45) is 0 Å². The number of pyridine rings is 1. The number of ketones is 1. The fourth-order valence-electron chi connectivity index (χ4n) is 0.916. The molecule has 0 amide bonds. The highest BCUT2D eigenvalue weighted by molar-refractivity contribution is 5.83. The van der Waals surface area contributed by atoms with Gasteiger partial charge < -0.3 is 5.11 Å². The van der Waals surface area contributed by atoms with Gasteiger partial charge in [-0.3, -0.25) is 9.78 Å². The van der Waals surface area contributed by atoms with E-state index >= 15 is 0 Å². The normalized spacial score (nSPS) is 13.7. The van der Waals surface area contributed by atoms with Gasteiger partial charge in [0, 0.05) is 13.1 Å². The Hall–Kier alpha value is -1.36. The van der Waals surface area contributed by atoms with E-state index in [4.69, 9.17) is 0 Å². The second kappa shape index (κ2) is 3.79. The molecule has 0 spiro atoms. The van der Waals surface area contributed by atoms with Gasteiger partial charge in [0.15, 0.2) is 6.10 Å². The molecule has 0 radical (unpaired) electrons. The van der Waals surface area contributed by atoms with Crippen LogP contribution in [0.4, 0.5) is 8.78 Å². The molecule has 1 N–H and O–H groups in total. The van der Waals surface area contributed by atoms with Gasteiger partial charge >= 0.3 is 5.92 Å². The van der Waals surface area contributed by atoms with Crippen LogP contribution in [0.2, 0.25) is 0 Å². The maximum atomic E-state index is 13.0. The highest BCUT2D eigenvalue weighted by atomic mass is 19.3. The minimum Gasteiger partial charge on any atom is -0.380 e. The topological polar surface area (TPSA) is 50.2 Å². The Balaban J connectivity index is 2.96. The van der Waals surface area contributed by atoms with E-state index in [0.29, 0.717) is 0 Å².